The first-order valence-corrected chi connectivity index (χ1v) is 10.7. The van der Waals surface area contributed by atoms with Gasteiger partial charge in [0.15, 0.2) is 5.96 Å². The van der Waals surface area contributed by atoms with E-state index < -0.39 is 0 Å². The molecule has 2 aromatic heterocycles. The summed E-state index contributed by atoms with van der Waals surface area (Å²) in [6.07, 6.45) is 8.04. The predicted molar refractivity (Wildman–Crippen MR) is 126 cm³/mol. The number of nitrogens with zero attached hydrogens (tertiary/aromatic N) is 6. The summed E-state index contributed by atoms with van der Waals surface area (Å²) in [6, 6.07) is 19.0. The molecule has 0 amide bonds. The Morgan fingerprint density at radius 3 is 2.59 bits per heavy atom. The highest BCUT2D eigenvalue weighted by molar-refractivity contribution is 5.80. The van der Waals surface area contributed by atoms with Gasteiger partial charge >= 0.3 is 0 Å². The van der Waals surface area contributed by atoms with Crippen molar-refractivity contribution in [1.82, 2.24) is 35.2 Å². The highest BCUT2D eigenvalue weighted by Gasteiger charge is 2.06. The third-order valence-electron chi connectivity index (χ3n) is 5.18. The van der Waals surface area contributed by atoms with Gasteiger partial charge in [0.05, 0.1) is 6.54 Å². The average Bonchev–Trinajstić information content (AvgIpc) is 3.54. The van der Waals surface area contributed by atoms with Crippen molar-refractivity contribution in [3.63, 3.8) is 0 Å². The smallest absolute Gasteiger partial charge is 0.191 e. The van der Waals surface area contributed by atoms with Gasteiger partial charge in [-0.2, -0.15) is 10.2 Å². The molecule has 8 heteroatoms. The third-order valence-corrected chi connectivity index (χ3v) is 5.18. The molecule has 2 N–H and O–H groups in total. The fourth-order valence-electron chi connectivity index (χ4n) is 3.53. The SMILES string of the molecule is CN=C(NCCCn1cccn1)NCc1ccccc1-c1ccc(Cn2cncn2)cc1. The average molecular weight is 429 g/mol. The molecule has 0 spiro atoms. The number of hydrogen-bond acceptors (Lipinski definition) is 4. The van der Waals surface area contributed by atoms with Crippen LogP contribution in [0.5, 0.6) is 0 Å². The summed E-state index contributed by atoms with van der Waals surface area (Å²) >= 11 is 0. The van der Waals surface area contributed by atoms with Gasteiger partial charge in [0, 0.05) is 39.1 Å². The Labute approximate surface area is 188 Å². The molecule has 32 heavy (non-hydrogen) atoms. The summed E-state index contributed by atoms with van der Waals surface area (Å²) in [5.41, 5.74) is 4.80. The van der Waals surface area contributed by atoms with Crippen LogP contribution in [0.25, 0.3) is 11.1 Å². The van der Waals surface area contributed by atoms with Crippen molar-refractivity contribution in [3.8, 4) is 11.1 Å². The van der Waals surface area contributed by atoms with E-state index in [4.69, 9.17) is 0 Å². The summed E-state index contributed by atoms with van der Waals surface area (Å²) in [6.45, 7) is 3.11. The number of rotatable bonds is 9. The number of benzene rings is 2. The first kappa shape index (κ1) is 21.3. The molecule has 0 saturated carbocycles. The van der Waals surface area contributed by atoms with Gasteiger partial charge in [0.1, 0.15) is 12.7 Å². The molecule has 4 aromatic rings. The molecule has 0 unspecified atom stereocenters. The van der Waals surface area contributed by atoms with Crippen molar-refractivity contribution < 1.29 is 0 Å². The maximum Gasteiger partial charge on any atom is 0.191 e. The van der Waals surface area contributed by atoms with Gasteiger partial charge in [-0.25, -0.2) is 9.67 Å². The fourth-order valence-corrected chi connectivity index (χ4v) is 3.53. The molecule has 0 saturated heterocycles. The lowest BCUT2D eigenvalue weighted by atomic mass is 9.98. The molecule has 0 fully saturated rings. The Bertz CT molecular complexity index is 1100. The summed E-state index contributed by atoms with van der Waals surface area (Å²) in [5.74, 6) is 0.795. The van der Waals surface area contributed by atoms with Crippen LogP contribution in [0, 0.1) is 0 Å². The number of nitrogens with one attached hydrogen (secondary N) is 2. The standard InChI is InChI=1S/C24H28N8/c1-25-24(27-12-4-14-31-15-5-13-29-31)28-16-22-6-2-3-7-23(22)21-10-8-20(9-11-21)17-32-19-26-18-30-32/h2-3,5-11,13,15,18-19H,4,12,14,16-17H2,1H3,(H2,25,27,28). The second-order valence-corrected chi connectivity index (χ2v) is 7.42. The minimum Gasteiger partial charge on any atom is -0.356 e. The molecule has 4 rings (SSSR count). The molecular weight excluding hydrogens is 400 g/mol. The molecule has 0 aliphatic heterocycles. The third kappa shape index (κ3) is 5.81. The van der Waals surface area contributed by atoms with Crippen LogP contribution in [-0.4, -0.2) is 44.1 Å². The quantitative estimate of drug-likeness (QED) is 0.243. The number of hydrogen-bond donors (Lipinski definition) is 2. The highest BCUT2D eigenvalue weighted by Crippen LogP contribution is 2.24. The van der Waals surface area contributed by atoms with Gasteiger partial charge in [0.25, 0.3) is 0 Å². The highest BCUT2D eigenvalue weighted by atomic mass is 15.3. The molecule has 0 atom stereocenters. The van der Waals surface area contributed by atoms with Crippen LogP contribution in [-0.2, 0) is 19.6 Å². The summed E-state index contributed by atoms with van der Waals surface area (Å²) in [7, 11) is 1.79. The lowest BCUT2D eigenvalue weighted by Gasteiger charge is -2.15. The Morgan fingerprint density at radius 1 is 0.969 bits per heavy atom. The van der Waals surface area contributed by atoms with Crippen molar-refractivity contribution in [2.75, 3.05) is 13.6 Å². The Morgan fingerprint density at radius 2 is 1.84 bits per heavy atom. The Balaban J connectivity index is 1.33. The lowest BCUT2D eigenvalue weighted by Crippen LogP contribution is -2.37. The summed E-state index contributed by atoms with van der Waals surface area (Å²) in [5, 5.41) is 15.2. The minimum atomic E-state index is 0.690. The second-order valence-electron chi connectivity index (χ2n) is 7.42. The first-order chi connectivity index (χ1) is 15.8. The number of aliphatic imine (C=N–C) groups is 1. The lowest BCUT2D eigenvalue weighted by molar-refractivity contribution is 0.570. The van der Waals surface area contributed by atoms with Crippen LogP contribution in [0.15, 0.2) is 84.6 Å². The van der Waals surface area contributed by atoms with E-state index in [0.717, 1.165) is 25.5 Å². The van der Waals surface area contributed by atoms with E-state index >= 15 is 0 Å². The molecule has 2 aromatic carbocycles. The normalized spacial score (nSPS) is 11.5. The van der Waals surface area contributed by atoms with Crippen LogP contribution in [0.3, 0.4) is 0 Å². The van der Waals surface area contributed by atoms with Gasteiger partial charge in [-0.3, -0.25) is 9.67 Å². The van der Waals surface area contributed by atoms with E-state index in [2.05, 4.69) is 79.3 Å². The molecule has 0 radical (unpaired) electrons. The summed E-state index contributed by atoms with van der Waals surface area (Å²) < 4.78 is 3.76. The van der Waals surface area contributed by atoms with Crippen molar-refractivity contribution in [2.45, 2.75) is 26.1 Å². The number of aryl methyl sites for hydroxylation is 1. The zero-order valence-corrected chi connectivity index (χ0v) is 18.2. The van der Waals surface area contributed by atoms with Gasteiger partial charge in [0.2, 0.25) is 0 Å². The monoisotopic (exact) mass is 428 g/mol. The molecule has 0 aliphatic carbocycles. The zero-order valence-electron chi connectivity index (χ0n) is 18.2. The maximum absolute atomic E-state index is 4.35. The Hall–Kier alpha value is -3.94. The maximum atomic E-state index is 4.35. The van der Waals surface area contributed by atoms with Crippen LogP contribution < -0.4 is 10.6 Å². The summed E-state index contributed by atoms with van der Waals surface area (Å²) in [4.78, 5) is 8.34. The van der Waals surface area contributed by atoms with E-state index in [1.165, 1.54) is 22.3 Å². The number of aromatic nitrogens is 5. The van der Waals surface area contributed by atoms with Crippen LogP contribution in [0.1, 0.15) is 17.5 Å². The van der Waals surface area contributed by atoms with E-state index in [1.807, 2.05) is 21.6 Å². The van der Waals surface area contributed by atoms with E-state index in [-0.39, 0.29) is 0 Å². The minimum absolute atomic E-state index is 0.690. The van der Waals surface area contributed by atoms with Crippen molar-refractivity contribution in [1.29, 1.82) is 0 Å². The van der Waals surface area contributed by atoms with Gasteiger partial charge < -0.3 is 10.6 Å². The molecule has 8 nitrogen and oxygen atoms in total. The fraction of sp³-hybridized carbons (Fsp3) is 0.250. The second kappa shape index (κ2) is 10.9. The van der Waals surface area contributed by atoms with Crippen molar-refractivity contribution >= 4 is 5.96 Å². The molecular formula is C24H28N8. The zero-order chi connectivity index (χ0) is 22.0. The topological polar surface area (TPSA) is 85.0 Å². The molecule has 2 heterocycles. The van der Waals surface area contributed by atoms with Crippen LogP contribution >= 0.6 is 0 Å². The van der Waals surface area contributed by atoms with E-state index in [9.17, 15) is 0 Å². The number of guanidine groups is 1. The van der Waals surface area contributed by atoms with E-state index in [0.29, 0.717) is 13.1 Å². The molecule has 164 valence electrons. The van der Waals surface area contributed by atoms with Crippen molar-refractivity contribution in [3.05, 3.63) is 90.8 Å². The van der Waals surface area contributed by atoms with Gasteiger partial charge in [-0.15, -0.1) is 0 Å². The largest absolute Gasteiger partial charge is 0.356 e. The molecule has 0 bridgehead atoms. The van der Waals surface area contributed by atoms with Gasteiger partial charge in [-0.1, -0.05) is 48.5 Å². The Kier molecular flexibility index (Phi) is 7.25. The predicted octanol–water partition coefficient (Wildman–Crippen LogP) is 2.95. The van der Waals surface area contributed by atoms with Crippen molar-refractivity contribution in [2.24, 2.45) is 4.99 Å². The van der Waals surface area contributed by atoms with Crippen LogP contribution in [0.4, 0.5) is 0 Å². The molecule has 0 aliphatic rings. The van der Waals surface area contributed by atoms with Gasteiger partial charge in [-0.05, 0) is 34.7 Å². The first-order valence-electron chi connectivity index (χ1n) is 10.7. The van der Waals surface area contributed by atoms with E-state index in [1.54, 1.807) is 25.9 Å². The van der Waals surface area contributed by atoms with Crippen LogP contribution in [0.2, 0.25) is 0 Å².